The number of anilines is 2. The quantitative estimate of drug-likeness (QED) is 0.0899. The first-order chi connectivity index (χ1) is 19.1. The number of rotatable bonds is 8. The van der Waals surface area contributed by atoms with Crippen molar-refractivity contribution in [2.24, 2.45) is 0 Å². The first-order valence-electron chi connectivity index (χ1n) is 11.5. The minimum atomic E-state index is -4.35. The highest BCUT2D eigenvalue weighted by molar-refractivity contribution is 7.87. The molecule has 5 aromatic rings. The summed E-state index contributed by atoms with van der Waals surface area (Å²) in [6.07, 6.45) is 0. The minimum absolute atomic E-state index is 0.136. The van der Waals surface area contributed by atoms with Gasteiger partial charge in [-0.1, -0.05) is 60.7 Å². The highest BCUT2D eigenvalue weighted by Crippen LogP contribution is 2.33. The van der Waals surface area contributed by atoms with Crippen molar-refractivity contribution in [1.29, 1.82) is 0 Å². The second-order valence-electron chi connectivity index (χ2n) is 8.35. The van der Waals surface area contributed by atoms with Crippen molar-refractivity contribution in [2.45, 2.75) is 4.90 Å². The lowest BCUT2D eigenvalue weighted by atomic mass is 10.1. The number of fused-ring (bicyclic) bond motifs is 1. The number of nitrogens with zero attached hydrogens (tertiary/aromatic N) is 2. The topological polar surface area (TPSA) is 154 Å². The molecule has 1 aromatic heterocycles. The largest absolute Gasteiger partial charge is 0.417 e. The summed E-state index contributed by atoms with van der Waals surface area (Å²) >= 11 is 0. The fraction of sp³-hybridized carbons (Fsp3) is 0. The van der Waals surface area contributed by atoms with Crippen LogP contribution in [0.5, 0.6) is 5.75 Å². The normalized spacial score (nSPS) is 11.4. The van der Waals surface area contributed by atoms with Gasteiger partial charge in [-0.3, -0.25) is 10.1 Å². The molecule has 0 spiro atoms. The SMILES string of the molecule is O=c1oc2c(OS(=O)(=O)c3ccc(-c4ccccc4)cc3)cccc2cc1N(c1cccc([N+](=O)[O-])c1)[SH](=O)=O. The summed E-state index contributed by atoms with van der Waals surface area (Å²) < 4.78 is 61.5. The van der Waals surface area contributed by atoms with Crippen LogP contribution in [0.15, 0.2) is 117 Å². The van der Waals surface area contributed by atoms with E-state index in [1.807, 2.05) is 30.3 Å². The van der Waals surface area contributed by atoms with Gasteiger partial charge >= 0.3 is 15.7 Å². The Hall–Kier alpha value is -5.01. The van der Waals surface area contributed by atoms with Crippen LogP contribution in [0.1, 0.15) is 0 Å². The number of nitro benzene ring substituents is 1. The number of hydrogen-bond donors (Lipinski definition) is 1. The Bertz CT molecular complexity index is 1980. The predicted molar refractivity (Wildman–Crippen MR) is 148 cm³/mol. The van der Waals surface area contributed by atoms with Gasteiger partial charge < -0.3 is 8.60 Å². The first-order valence-corrected chi connectivity index (χ1v) is 14.0. The lowest BCUT2D eigenvalue weighted by molar-refractivity contribution is -0.384. The third kappa shape index (κ3) is 5.28. The summed E-state index contributed by atoms with van der Waals surface area (Å²) in [6, 6.07) is 25.4. The average molecular weight is 579 g/mol. The van der Waals surface area contributed by atoms with Gasteiger partial charge in [-0.15, -0.1) is 0 Å². The van der Waals surface area contributed by atoms with E-state index in [1.54, 1.807) is 12.1 Å². The van der Waals surface area contributed by atoms with Gasteiger partial charge in [0.25, 0.3) is 5.69 Å². The van der Waals surface area contributed by atoms with Crippen molar-refractivity contribution in [1.82, 2.24) is 0 Å². The molecule has 0 atom stereocenters. The highest BCUT2D eigenvalue weighted by atomic mass is 32.2. The summed E-state index contributed by atoms with van der Waals surface area (Å²) in [4.78, 5) is 23.2. The summed E-state index contributed by atoms with van der Waals surface area (Å²) in [6.45, 7) is 0. The third-order valence-corrected chi connectivity index (χ3v) is 7.85. The zero-order chi connectivity index (χ0) is 28.4. The van der Waals surface area contributed by atoms with Crippen LogP contribution < -0.4 is 14.1 Å². The van der Waals surface area contributed by atoms with Crippen molar-refractivity contribution in [2.75, 3.05) is 4.31 Å². The lowest BCUT2D eigenvalue weighted by Gasteiger charge is -2.17. The molecular formula is C27H18N2O9S2. The number of thiol groups is 1. The van der Waals surface area contributed by atoms with Crippen LogP contribution in [-0.2, 0) is 21.0 Å². The standard InChI is InChI=1S/C27H18N2O9S2/c30-27-24(28(39(33)34)21-9-5-10-22(17-21)29(31)32)16-20-8-4-11-25(26(20)37-27)38-40(35,36)23-14-12-19(13-15-23)18-6-2-1-3-7-18/h1-17,39H. The molecule has 4 aromatic carbocycles. The molecule has 0 saturated carbocycles. The molecule has 11 nitrogen and oxygen atoms in total. The Labute approximate surface area is 228 Å². The average Bonchev–Trinajstić information content (AvgIpc) is 2.94. The minimum Gasteiger partial charge on any atom is -0.417 e. The second-order valence-corrected chi connectivity index (χ2v) is 10.8. The Morgan fingerprint density at radius 1 is 0.825 bits per heavy atom. The van der Waals surface area contributed by atoms with Gasteiger partial charge in [0, 0.05) is 17.5 Å². The van der Waals surface area contributed by atoms with E-state index in [4.69, 9.17) is 8.60 Å². The van der Waals surface area contributed by atoms with Crippen molar-refractivity contribution in [3.8, 4) is 16.9 Å². The number of para-hydroxylation sites is 1. The maximum absolute atomic E-state index is 13.0. The maximum Gasteiger partial charge on any atom is 0.361 e. The number of nitro groups is 1. The van der Waals surface area contributed by atoms with E-state index in [-0.39, 0.29) is 33.0 Å². The molecule has 0 radical (unpaired) electrons. The Morgan fingerprint density at radius 3 is 2.17 bits per heavy atom. The van der Waals surface area contributed by atoms with Crippen molar-refractivity contribution in [3.05, 3.63) is 124 Å². The van der Waals surface area contributed by atoms with Crippen LogP contribution in [0.25, 0.3) is 22.1 Å². The fourth-order valence-electron chi connectivity index (χ4n) is 3.99. The Morgan fingerprint density at radius 2 is 1.50 bits per heavy atom. The van der Waals surface area contributed by atoms with E-state index in [9.17, 15) is 31.7 Å². The summed E-state index contributed by atoms with van der Waals surface area (Å²) in [5.74, 6) is -0.290. The van der Waals surface area contributed by atoms with Gasteiger partial charge in [-0.2, -0.15) is 8.42 Å². The molecule has 0 aliphatic rings. The van der Waals surface area contributed by atoms with Gasteiger partial charge in [-0.25, -0.2) is 17.5 Å². The van der Waals surface area contributed by atoms with E-state index >= 15 is 0 Å². The molecule has 0 saturated heterocycles. The van der Waals surface area contributed by atoms with E-state index < -0.39 is 37.2 Å². The summed E-state index contributed by atoms with van der Waals surface area (Å²) in [7, 11) is -7.82. The molecular weight excluding hydrogens is 560 g/mol. The van der Waals surface area contributed by atoms with Crippen molar-refractivity contribution < 1.29 is 30.4 Å². The summed E-state index contributed by atoms with van der Waals surface area (Å²) in [5, 5.41) is 11.3. The van der Waals surface area contributed by atoms with Crippen molar-refractivity contribution >= 4 is 49.0 Å². The molecule has 0 aliphatic heterocycles. The van der Waals surface area contributed by atoms with E-state index in [1.165, 1.54) is 54.6 Å². The van der Waals surface area contributed by atoms with Crippen LogP contribution in [0.3, 0.4) is 0 Å². The van der Waals surface area contributed by atoms with Crippen LogP contribution in [0.4, 0.5) is 17.1 Å². The number of benzene rings is 4. The zero-order valence-corrected chi connectivity index (χ0v) is 22.0. The molecule has 0 aliphatic carbocycles. The molecule has 13 heteroatoms. The lowest BCUT2D eigenvalue weighted by Crippen LogP contribution is -2.21. The molecule has 0 fully saturated rings. The van der Waals surface area contributed by atoms with Crippen LogP contribution in [0.2, 0.25) is 0 Å². The molecule has 5 rings (SSSR count). The molecule has 0 unspecified atom stereocenters. The molecule has 0 amide bonds. The monoisotopic (exact) mass is 578 g/mol. The molecule has 202 valence electrons. The predicted octanol–water partition coefficient (Wildman–Crippen LogP) is 4.80. The van der Waals surface area contributed by atoms with E-state index in [0.717, 1.165) is 17.2 Å². The van der Waals surface area contributed by atoms with Crippen molar-refractivity contribution in [3.63, 3.8) is 0 Å². The number of hydrogen-bond acceptors (Lipinski definition) is 9. The Kier molecular flexibility index (Phi) is 7.07. The van der Waals surface area contributed by atoms with Gasteiger partial charge in [0.2, 0.25) is 10.9 Å². The van der Waals surface area contributed by atoms with Gasteiger partial charge in [0.05, 0.1) is 10.6 Å². The molecule has 0 bridgehead atoms. The number of non-ortho nitro benzene ring substituents is 1. The molecule has 40 heavy (non-hydrogen) atoms. The fourth-order valence-corrected chi connectivity index (χ4v) is 5.55. The second kappa shape index (κ2) is 10.6. The molecule has 1 heterocycles. The van der Waals surface area contributed by atoms with Gasteiger partial charge in [0.1, 0.15) is 10.6 Å². The maximum atomic E-state index is 13.0. The van der Waals surface area contributed by atoms with E-state index in [0.29, 0.717) is 4.31 Å². The Balaban J connectivity index is 1.51. The van der Waals surface area contributed by atoms with Crippen LogP contribution in [0, 0.1) is 10.1 Å². The highest BCUT2D eigenvalue weighted by Gasteiger charge is 2.23. The first kappa shape index (κ1) is 26.6. The van der Waals surface area contributed by atoms with E-state index in [2.05, 4.69) is 0 Å². The van der Waals surface area contributed by atoms with Gasteiger partial charge in [0.15, 0.2) is 11.3 Å². The zero-order valence-electron chi connectivity index (χ0n) is 20.2. The van der Waals surface area contributed by atoms with Crippen LogP contribution in [-0.4, -0.2) is 21.8 Å². The third-order valence-electron chi connectivity index (χ3n) is 5.83. The van der Waals surface area contributed by atoms with Gasteiger partial charge in [-0.05, 0) is 41.5 Å². The molecule has 0 N–H and O–H groups in total. The van der Waals surface area contributed by atoms with Crippen LogP contribution >= 0.6 is 0 Å². The smallest absolute Gasteiger partial charge is 0.361 e. The summed E-state index contributed by atoms with van der Waals surface area (Å²) in [5.41, 5.74) is -0.681.